The number of rotatable bonds is 13. The van der Waals surface area contributed by atoms with Crippen LogP contribution in [0.5, 0.6) is 5.75 Å². The first-order valence-corrected chi connectivity index (χ1v) is 13.3. The van der Waals surface area contributed by atoms with Crippen LogP contribution in [0.2, 0.25) is 0 Å². The van der Waals surface area contributed by atoms with E-state index in [9.17, 15) is 4.70 Å². The van der Waals surface area contributed by atoms with Crippen LogP contribution >= 0.6 is 0 Å². The van der Waals surface area contributed by atoms with E-state index >= 15 is 0 Å². The van der Waals surface area contributed by atoms with Crippen molar-refractivity contribution >= 4 is 19.0 Å². The van der Waals surface area contributed by atoms with Gasteiger partial charge in [0.1, 0.15) is 12.4 Å². The second-order valence-corrected chi connectivity index (χ2v) is 10.5. The predicted molar refractivity (Wildman–Crippen MR) is 152 cm³/mol. The third-order valence-corrected chi connectivity index (χ3v) is 6.68. The molecule has 192 valence electrons. The second kappa shape index (κ2) is 14.7. The van der Waals surface area contributed by atoms with Gasteiger partial charge in [-0.3, -0.25) is 0 Å². The van der Waals surface area contributed by atoms with Crippen LogP contribution in [0, 0.1) is 5.92 Å². The van der Waals surface area contributed by atoms with Gasteiger partial charge in [0.05, 0.1) is 0 Å². The molecule has 1 atom stereocenters. The number of nitrogens with zero attached hydrogens (tertiary/aromatic N) is 3. The van der Waals surface area contributed by atoms with Crippen LogP contribution in [-0.4, -0.2) is 56.4 Å². The van der Waals surface area contributed by atoms with Gasteiger partial charge in [-0.05, 0) is 19.4 Å². The molecule has 5 nitrogen and oxygen atoms in total. The van der Waals surface area contributed by atoms with Gasteiger partial charge in [-0.2, -0.15) is 0 Å². The molecule has 36 heavy (non-hydrogen) atoms. The van der Waals surface area contributed by atoms with Crippen LogP contribution in [0.15, 0.2) is 71.2 Å². The van der Waals surface area contributed by atoms with Crippen molar-refractivity contribution in [2.75, 3.05) is 31.1 Å². The van der Waals surface area contributed by atoms with Gasteiger partial charge in [0.2, 0.25) is 0 Å². The van der Waals surface area contributed by atoms with Crippen LogP contribution < -0.4 is 9.64 Å². The van der Waals surface area contributed by atoms with Crippen molar-refractivity contribution < 1.29 is 9.44 Å². The zero-order chi connectivity index (χ0) is 25.8. The zero-order valence-electron chi connectivity index (χ0n) is 22.5. The fraction of sp³-hybridized carbons (Fsp3) is 0.500. The average Bonchev–Trinajstić information content (AvgIpc) is 2.88. The Morgan fingerprint density at radius 2 is 1.81 bits per heavy atom. The molecule has 3 rings (SSSR count). The molecule has 1 saturated heterocycles. The standard InChI is InChI=1S/C30H42BN3O2/c1-24(2)14-19-34(28-10-12-30(13-11-28)36-22-26-8-6-5-7-9-26)29-15-17-33(18-16-29)21-27(20-25(3)4)32-23-31-35/h5-14,23,25,27,29H,15-22H2,1-4H3/t27-/m0/s1. The van der Waals surface area contributed by atoms with Crippen molar-refractivity contribution in [3.63, 3.8) is 0 Å². The number of hydrogen-bond donors (Lipinski definition) is 0. The summed E-state index contributed by atoms with van der Waals surface area (Å²) < 4.78 is 16.8. The van der Waals surface area contributed by atoms with Gasteiger partial charge < -0.3 is 4.74 Å². The number of aliphatic imine (C=N–C) groups is 1. The third-order valence-electron chi connectivity index (χ3n) is 6.68. The van der Waals surface area contributed by atoms with Gasteiger partial charge in [-0.25, -0.2) is 0 Å². The Bertz CT molecular complexity index is 963. The first-order chi connectivity index (χ1) is 17.4. The molecule has 6 heteroatoms. The van der Waals surface area contributed by atoms with Crippen molar-refractivity contribution in [3.05, 3.63) is 71.8 Å². The fourth-order valence-corrected chi connectivity index (χ4v) is 4.82. The molecule has 0 N–H and O–H groups in total. The van der Waals surface area contributed by atoms with E-state index in [4.69, 9.17) is 4.74 Å². The molecule has 0 radical (unpaired) electrons. The number of hydrogen-bond acceptors (Lipinski definition) is 5. The summed E-state index contributed by atoms with van der Waals surface area (Å²) in [6.45, 7) is 13.3. The summed E-state index contributed by atoms with van der Waals surface area (Å²) in [6.07, 6.45) is 6.99. The van der Waals surface area contributed by atoms with Crippen LogP contribution in [-0.2, 0) is 11.3 Å². The van der Waals surface area contributed by atoms with Gasteiger partial charge in [0.25, 0.3) is 0 Å². The molecule has 1 fully saturated rings. The average molecular weight is 487 g/mol. The molecule has 1 aliphatic heterocycles. The number of piperidine rings is 1. The summed E-state index contributed by atoms with van der Waals surface area (Å²) in [6, 6.07) is 19.5. The summed E-state index contributed by atoms with van der Waals surface area (Å²) in [5.74, 6) is 1.46. The zero-order valence-corrected chi connectivity index (χ0v) is 22.5. The molecular formula is C30H42BN3O2. The van der Waals surface area contributed by atoms with Crippen molar-refractivity contribution in [1.82, 2.24) is 4.90 Å². The summed E-state index contributed by atoms with van der Waals surface area (Å²) in [5.41, 5.74) is 3.75. The Balaban J connectivity index is 1.61. The number of allylic oxidation sites excluding steroid dienone is 1. The Kier molecular flexibility index (Phi) is 11.4. The van der Waals surface area contributed by atoms with Crippen LogP contribution in [0.4, 0.5) is 5.69 Å². The van der Waals surface area contributed by atoms with Gasteiger partial charge in [0.15, 0.2) is 0 Å². The van der Waals surface area contributed by atoms with E-state index < -0.39 is 0 Å². The minimum absolute atomic E-state index is 0.192. The maximum atomic E-state index is 10.8. The van der Waals surface area contributed by atoms with E-state index in [0.717, 1.165) is 58.3 Å². The van der Waals surface area contributed by atoms with E-state index in [-0.39, 0.29) is 6.04 Å². The quantitative estimate of drug-likeness (QED) is 0.198. The third kappa shape index (κ3) is 9.38. The molecule has 0 saturated carbocycles. The van der Waals surface area contributed by atoms with E-state index in [2.05, 4.69) is 85.0 Å². The molecule has 2 aromatic rings. The molecule has 0 amide bonds. The van der Waals surface area contributed by atoms with E-state index in [0.29, 0.717) is 18.6 Å². The normalized spacial score (nSPS) is 15.6. The van der Waals surface area contributed by atoms with Crippen LogP contribution in [0.1, 0.15) is 52.5 Å². The van der Waals surface area contributed by atoms with Crippen LogP contribution in [0.3, 0.4) is 0 Å². The van der Waals surface area contributed by atoms with Crippen LogP contribution in [0.25, 0.3) is 0 Å². The Morgan fingerprint density at radius 1 is 1.11 bits per heavy atom. The molecule has 0 aliphatic carbocycles. The molecule has 2 aromatic carbocycles. The second-order valence-electron chi connectivity index (χ2n) is 10.5. The van der Waals surface area contributed by atoms with E-state index in [1.54, 1.807) is 0 Å². The molecule has 0 bridgehead atoms. The van der Waals surface area contributed by atoms with Crippen molar-refractivity contribution in [2.24, 2.45) is 10.9 Å². The van der Waals surface area contributed by atoms with Gasteiger partial charge in [-0.1, -0.05) is 30.3 Å². The fourth-order valence-electron chi connectivity index (χ4n) is 4.82. The Labute approximate surface area is 218 Å². The van der Waals surface area contributed by atoms with Crippen molar-refractivity contribution in [2.45, 2.75) is 65.6 Å². The SMILES string of the molecule is CC(C)=CCN(c1ccc(OCc2ccccc2)cc1)C1CCN(C[C@H](CC(C)C)N=CB=O)CC1. The summed E-state index contributed by atoms with van der Waals surface area (Å²) in [7, 11) is 0.790. The predicted octanol–water partition coefficient (Wildman–Crippen LogP) is 6.00. The monoisotopic (exact) mass is 487 g/mol. The molecule has 1 heterocycles. The number of anilines is 1. The summed E-state index contributed by atoms with van der Waals surface area (Å²) in [4.78, 5) is 9.57. The Hall–Kier alpha value is -2.73. The van der Waals surface area contributed by atoms with Gasteiger partial charge in [-0.15, -0.1) is 0 Å². The first kappa shape index (κ1) is 27.9. The molecule has 0 spiro atoms. The van der Waals surface area contributed by atoms with Gasteiger partial charge in [0, 0.05) is 0 Å². The molecule has 1 aliphatic rings. The summed E-state index contributed by atoms with van der Waals surface area (Å²) in [5, 5.41) is 0. The van der Waals surface area contributed by atoms with Crippen molar-refractivity contribution in [1.29, 1.82) is 0 Å². The minimum atomic E-state index is 0.192. The summed E-state index contributed by atoms with van der Waals surface area (Å²) >= 11 is 0. The first-order valence-electron chi connectivity index (χ1n) is 13.3. The molecule has 0 unspecified atom stereocenters. The Morgan fingerprint density at radius 3 is 2.42 bits per heavy atom. The van der Waals surface area contributed by atoms with Gasteiger partial charge >= 0.3 is 152 Å². The number of benzene rings is 2. The van der Waals surface area contributed by atoms with Crippen molar-refractivity contribution in [3.8, 4) is 5.75 Å². The topological polar surface area (TPSA) is 45.1 Å². The molecule has 0 aromatic heterocycles. The maximum absolute atomic E-state index is 10.8. The number of likely N-dealkylation sites (tertiary alicyclic amines) is 1. The molecular weight excluding hydrogens is 445 g/mol. The van der Waals surface area contributed by atoms with E-state index in [1.165, 1.54) is 22.9 Å². The number of ether oxygens (including phenoxy) is 1. The van der Waals surface area contributed by atoms with E-state index in [1.807, 2.05) is 18.2 Å².